The number of carbonyl (C=O) groups is 2. The maximum atomic E-state index is 12.8. The fourth-order valence-corrected chi connectivity index (χ4v) is 3.27. The Morgan fingerprint density at radius 3 is 2.89 bits per heavy atom. The molecule has 0 saturated carbocycles. The average molecular weight is 390 g/mol. The molecule has 3 rings (SSSR count). The topological polar surface area (TPSA) is 103 Å². The molecule has 1 aliphatic heterocycles. The van der Waals surface area contributed by atoms with Gasteiger partial charge in [-0.2, -0.15) is 0 Å². The first kappa shape index (κ1) is 19.1. The number of halogens is 1. The van der Waals surface area contributed by atoms with E-state index in [4.69, 9.17) is 16.7 Å². The second-order valence-electron chi connectivity index (χ2n) is 6.34. The molecule has 1 aliphatic rings. The Bertz CT molecular complexity index is 887. The van der Waals surface area contributed by atoms with Gasteiger partial charge in [-0.3, -0.25) is 14.6 Å². The molecule has 3 N–H and O–H groups in total. The van der Waals surface area contributed by atoms with Gasteiger partial charge in [-0.1, -0.05) is 17.7 Å². The number of hydrogen-bond donors (Lipinski definition) is 3. The van der Waals surface area contributed by atoms with E-state index in [9.17, 15) is 14.7 Å². The molecule has 0 aliphatic carbocycles. The van der Waals surface area contributed by atoms with Crippen molar-refractivity contribution >= 4 is 23.4 Å². The van der Waals surface area contributed by atoms with Crippen LogP contribution in [0, 0.1) is 0 Å². The van der Waals surface area contributed by atoms with Crippen LogP contribution in [0.3, 0.4) is 0 Å². The van der Waals surface area contributed by atoms with Crippen LogP contribution in [0.5, 0.6) is 5.75 Å². The van der Waals surface area contributed by atoms with E-state index in [1.165, 1.54) is 12.3 Å². The van der Waals surface area contributed by atoms with E-state index in [2.05, 4.69) is 10.3 Å². The number of carbonyl (C=O) groups excluding carboxylic acids is 2. The van der Waals surface area contributed by atoms with Gasteiger partial charge in [0.05, 0.1) is 11.1 Å². The Labute approximate surface area is 161 Å². The molecular formula is C19H20ClN3O4. The first-order valence-electron chi connectivity index (χ1n) is 8.60. The van der Waals surface area contributed by atoms with Gasteiger partial charge in [0.15, 0.2) is 0 Å². The molecule has 2 aromatic rings. The van der Waals surface area contributed by atoms with Crippen molar-refractivity contribution in [3.8, 4) is 5.75 Å². The van der Waals surface area contributed by atoms with Crippen LogP contribution in [-0.4, -0.2) is 45.1 Å². The van der Waals surface area contributed by atoms with Gasteiger partial charge in [0, 0.05) is 37.0 Å². The molecule has 0 radical (unpaired) electrons. The van der Waals surface area contributed by atoms with Crippen LogP contribution in [0.4, 0.5) is 0 Å². The van der Waals surface area contributed by atoms with E-state index >= 15 is 0 Å². The predicted molar refractivity (Wildman–Crippen MR) is 99.7 cm³/mol. The minimum atomic E-state index is -0.365. The number of aliphatic hydroxyl groups excluding tert-OH is 1. The summed E-state index contributed by atoms with van der Waals surface area (Å²) >= 11 is 5.98. The highest BCUT2D eigenvalue weighted by atomic mass is 35.5. The Balaban J connectivity index is 1.85. The van der Waals surface area contributed by atoms with Crippen molar-refractivity contribution in [3.05, 3.63) is 57.9 Å². The number of phenolic OH excluding ortho intramolecular Hbond substituents is 1. The van der Waals surface area contributed by atoms with Gasteiger partial charge in [0.1, 0.15) is 11.4 Å². The van der Waals surface area contributed by atoms with Gasteiger partial charge in [0.2, 0.25) is 0 Å². The SMILES string of the molecule is CC(c1ccc(O)c(Cl)c1)N1Cc2c(ccnc2C(=O)NCCCO)C1=O. The molecule has 0 fully saturated rings. The summed E-state index contributed by atoms with van der Waals surface area (Å²) in [7, 11) is 0. The Morgan fingerprint density at radius 1 is 1.41 bits per heavy atom. The standard InChI is InChI=1S/C19H20ClN3O4/c1-11(12-3-4-16(25)15(20)9-12)23-10-14-13(19(23)27)5-7-21-17(14)18(26)22-6-2-8-24/h3-5,7,9,11,24-25H,2,6,8,10H2,1H3,(H,22,26). The number of benzene rings is 1. The first-order chi connectivity index (χ1) is 12.9. The highest BCUT2D eigenvalue weighted by Crippen LogP contribution is 2.34. The van der Waals surface area contributed by atoms with Gasteiger partial charge in [-0.05, 0) is 37.1 Å². The quantitative estimate of drug-likeness (QED) is 0.658. The number of aromatic hydroxyl groups is 1. The summed E-state index contributed by atoms with van der Waals surface area (Å²) in [6.45, 7) is 2.44. The fourth-order valence-electron chi connectivity index (χ4n) is 3.09. The van der Waals surface area contributed by atoms with E-state index in [0.29, 0.717) is 24.1 Å². The Kier molecular flexibility index (Phi) is 5.62. The lowest BCUT2D eigenvalue weighted by atomic mass is 10.1. The smallest absolute Gasteiger partial charge is 0.270 e. The maximum absolute atomic E-state index is 12.8. The fraction of sp³-hybridized carbons (Fsp3) is 0.316. The molecule has 1 aromatic carbocycles. The molecule has 142 valence electrons. The number of amides is 2. The largest absolute Gasteiger partial charge is 0.506 e. The second-order valence-corrected chi connectivity index (χ2v) is 6.75. The molecule has 27 heavy (non-hydrogen) atoms. The number of nitrogens with zero attached hydrogens (tertiary/aromatic N) is 2. The summed E-state index contributed by atoms with van der Waals surface area (Å²) in [5.74, 6) is -0.571. The normalized spacial score (nSPS) is 14.2. The van der Waals surface area contributed by atoms with Gasteiger partial charge in [-0.25, -0.2) is 0 Å². The summed E-state index contributed by atoms with van der Waals surface area (Å²) in [5, 5.41) is 21.3. The molecule has 7 nitrogen and oxygen atoms in total. The van der Waals surface area contributed by atoms with E-state index in [-0.39, 0.29) is 47.5 Å². The highest BCUT2D eigenvalue weighted by Gasteiger charge is 2.34. The van der Waals surface area contributed by atoms with Crippen molar-refractivity contribution < 1.29 is 19.8 Å². The maximum Gasteiger partial charge on any atom is 0.270 e. The van der Waals surface area contributed by atoms with Gasteiger partial charge < -0.3 is 20.4 Å². The van der Waals surface area contributed by atoms with Crippen molar-refractivity contribution in [1.82, 2.24) is 15.2 Å². The van der Waals surface area contributed by atoms with Crippen LogP contribution in [0.25, 0.3) is 0 Å². The highest BCUT2D eigenvalue weighted by molar-refractivity contribution is 6.32. The number of phenols is 1. The van der Waals surface area contributed by atoms with E-state index in [1.54, 1.807) is 23.1 Å². The third-order valence-electron chi connectivity index (χ3n) is 4.63. The number of rotatable bonds is 6. The van der Waals surface area contributed by atoms with Crippen LogP contribution in [0.1, 0.15) is 51.4 Å². The molecule has 8 heteroatoms. The number of aromatic nitrogens is 1. The van der Waals surface area contributed by atoms with E-state index in [1.807, 2.05) is 6.92 Å². The third-order valence-corrected chi connectivity index (χ3v) is 4.94. The first-order valence-corrected chi connectivity index (χ1v) is 8.98. The van der Waals surface area contributed by atoms with Crippen molar-refractivity contribution in [2.45, 2.75) is 25.9 Å². The monoisotopic (exact) mass is 389 g/mol. The van der Waals surface area contributed by atoms with Crippen LogP contribution in [0.2, 0.25) is 5.02 Å². The van der Waals surface area contributed by atoms with Crippen molar-refractivity contribution in [2.24, 2.45) is 0 Å². The Morgan fingerprint density at radius 2 is 2.19 bits per heavy atom. The zero-order valence-corrected chi connectivity index (χ0v) is 15.5. The molecule has 0 bridgehead atoms. The van der Waals surface area contributed by atoms with Gasteiger partial charge >= 0.3 is 0 Å². The number of aliphatic hydroxyl groups is 1. The third kappa shape index (κ3) is 3.74. The van der Waals surface area contributed by atoms with Crippen LogP contribution in [0.15, 0.2) is 30.5 Å². The van der Waals surface area contributed by atoms with Gasteiger partial charge in [0.25, 0.3) is 11.8 Å². The Hall–Kier alpha value is -2.64. The second kappa shape index (κ2) is 7.94. The summed E-state index contributed by atoms with van der Waals surface area (Å²) < 4.78 is 0. The molecule has 1 atom stereocenters. The van der Waals surface area contributed by atoms with Crippen molar-refractivity contribution in [3.63, 3.8) is 0 Å². The summed E-state index contributed by atoms with van der Waals surface area (Å²) in [4.78, 5) is 31.0. The number of fused-ring (bicyclic) bond motifs is 1. The zero-order chi connectivity index (χ0) is 19.6. The molecule has 2 amide bonds. The van der Waals surface area contributed by atoms with Crippen molar-refractivity contribution in [2.75, 3.05) is 13.2 Å². The van der Waals surface area contributed by atoms with Crippen LogP contribution >= 0.6 is 11.6 Å². The van der Waals surface area contributed by atoms with Crippen LogP contribution < -0.4 is 5.32 Å². The zero-order valence-electron chi connectivity index (χ0n) is 14.8. The molecule has 2 heterocycles. The van der Waals surface area contributed by atoms with Gasteiger partial charge in [-0.15, -0.1) is 0 Å². The number of nitrogens with one attached hydrogen (secondary N) is 1. The lowest BCUT2D eigenvalue weighted by Crippen LogP contribution is -2.28. The summed E-state index contributed by atoms with van der Waals surface area (Å²) in [6, 6.07) is 6.14. The lowest BCUT2D eigenvalue weighted by molar-refractivity contribution is 0.0714. The molecule has 1 unspecified atom stereocenters. The van der Waals surface area contributed by atoms with E-state index < -0.39 is 0 Å². The van der Waals surface area contributed by atoms with Crippen LogP contribution in [-0.2, 0) is 6.54 Å². The number of hydrogen-bond acceptors (Lipinski definition) is 5. The minimum absolute atomic E-state index is 0.0143. The lowest BCUT2D eigenvalue weighted by Gasteiger charge is -2.25. The van der Waals surface area contributed by atoms with Crippen molar-refractivity contribution in [1.29, 1.82) is 0 Å². The molecule has 0 saturated heterocycles. The molecule has 1 aromatic heterocycles. The minimum Gasteiger partial charge on any atom is -0.506 e. The molecular weight excluding hydrogens is 370 g/mol. The average Bonchev–Trinajstić information content (AvgIpc) is 3.00. The molecule has 0 spiro atoms. The summed E-state index contributed by atoms with van der Waals surface area (Å²) in [5.41, 5.74) is 2.04. The predicted octanol–water partition coefficient (Wildman–Crippen LogP) is 2.27. The number of pyridine rings is 1. The van der Waals surface area contributed by atoms with E-state index in [0.717, 1.165) is 5.56 Å². The summed E-state index contributed by atoms with van der Waals surface area (Å²) in [6.07, 6.45) is 1.90.